The Balaban J connectivity index is 2.09. The van der Waals surface area contributed by atoms with E-state index >= 15 is 0 Å². The van der Waals surface area contributed by atoms with E-state index in [0.717, 1.165) is 6.26 Å². The third kappa shape index (κ3) is 5.25. The van der Waals surface area contributed by atoms with Crippen molar-refractivity contribution in [2.45, 2.75) is 24.5 Å². The Hall–Kier alpha value is -2.48. The second kappa shape index (κ2) is 7.60. The first-order valence-electron chi connectivity index (χ1n) is 7.32. The van der Waals surface area contributed by atoms with Crippen molar-refractivity contribution in [1.82, 2.24) is 5.32 Å². The highest BCUT2D eigenvalue weighted by molar-refractivity contribution is 7.90. The third-order valence-corrected chi connectivity index (χ3v) is 4.61. The van der Waals surface area contributed by atoms with Gasteiger partial charge in [0.05, 0.1) is 10.9 Å². The van der Waals surface area contributed by atoms with Crippen LogP contribution in [-0.4, -0.2) is 27.2 Å². The van der Waals surface area contributed by atoms with Crippen molar-refractivity contribution in [3.8, 4) is 5.75 Å². The van der Waals surface area contributed by atoms with E-state index in [2.05, 4.69) is 10.1 Å². The summed E-state index contributed by atoms with van der Waals surface area (Å²) in [5.41, 5.74) is 0.887. The first-order valence-corrected chi connectivity index (χ1v) is 9.21. The van der Waals surface area contributed by atoms with Crippen LogP contribution in [0.3, 0.4) is 0 Å². The highest BCUT2D eigenvalue weighted by atomic mass is 32.2. The molecular formula is C17H17F2NO4S. The number of amides is 1. The van der Waals surface area contributed by atoms with Crippen LogP contribution in [0.2, 0.25) is 0 Å². The van der Waals surface area contributed by atoms with Crippen LogP contribution in [0, 0.1) is 0 Å². The van der Waals surface area contributed by atoms with Crippen molar-refractivity contribution in [2.75, 3.05) is 6.26 Å². The highest BCUT2D eigenvalue weighted by Gasteiger charge is 2.14. The molecule has 1 atom stereocenters. The van der Waals surface area contributed by atoms with Gasteiger partial charge < -0.3 is 10.1 Å². The molecule has 8 heteroatoms. The SMILES string of the molecule is C[C@@H](NC(=O)c1cccc(OC(F)F)c1)c1ccc(S(C)(=O)=O)cc1. The van der Waals surface area contributed by atoms with E-state index < -0.39 is 28.4 Å². The number of nitrogens with one attached hydrogen (secondary N) is 1. The normalized spacial score (nSPS) is 12.7. The zero-order valence-corrected chi connectivity index (χ0v) is 14.4. The lowest BCUT2D eigenvalue weighted by Gasteiger charge is -2.15. The molecule has 0 fully saturated rings. The molecule has 0 radical (unpaired) electrons. The maximum atomic E-state index is 12.2. The quantitative estimate of drug-likeness (QED) is 0.849. The molecule has 0 unspecified atom stereocenters. The predicted molar refractivity (Wildman–Crippen MR) is 88.5 cm³/mol. The van der Waals surface area contributed by atoms with Crippen LogP contribution in [0.4, 0.5) is 8.78 Å². The van der Waals surface area contributed by atoms with E-state index in [1.807, 2.05) is 0 Å². The summed E-state index contributed by atoms with van der Waals surface area (Å²) in [5, 5.41) is 2.72. The topological polar surface area (TPSA) is 72.5 Å². The minimum absolute atomic E-state index is 0.104. The molecule has 1 N–H and O–H groups in total. The smallest absolute Gasteiger partial charge is 0.387 e. The number of rotatable bonds is 6. The molecule has 0 aliphatic carbocycles. The molecule has 134 valence electrons. The first-order chi connectivity index (χ1) is 11.7. The van der Waals surface area contributed by atoms with E-state index in [0.29, 0.717) is 5.56 Å². The van der Waals surface area contributed by atoms with Gasteiger partial charge in [-0.2, -0.15) is 8.78 Å². The highest BCUT2D eigenvalue weighted by Crippen LogP contribution is 2.19. The second-order valence-corrected chi connectivity index (χ2v) is 7.46. The third-order valence-electron chi connectivity index (χ3n) is 3.48. The van der Waals surface area contributed by atoms with Gasteiger partial charge in [0, 0.05) is 11.8 Å². The van der Waals surface area contributed by atoms with Crippen LogP contribution in [0.1, 0.15) is 28.9 Å². The molecule has 5 nitrogen and oxygen atoms in total. The first kappa shape index (κ1) is 18.9. The number of halogens is 2. The Morgan fingerprint density at radius 2 is 1.76 bits per heavy atom. The summed E-state index contributed by atoms with van der Waals surface area (Å²) in [6, 6.07) is 11.2. The number of hydrogen-bond donors (Lipinski definition) is 1. The van der Waals surface area contributed by atoms with Crippen molar-refractivity contribution in [1.29, 1.82) is 0 Å². The number of sulfone groups is 1. The fourth-order valence-electron chi connectivity index (χ4n) is 2.18. The van der Waals surface area contributed by atoms with Crippen LogP contribution in [0.5, 0.6) is 5.75 Å². The molecule has 0 aromatic heterocycles. The van der Waals surface area contributed by atoms with Crippen molar-refractivity contribution in [3.63, 3.8) is 0 Å². The monoisotopic (exact) mass is 369 g/mol. The average molecular weight is 369 g/mol. The second-order valence-electron chi connectivity index (χ2n) is 5.44. The summed E-state index contributed by atoms with van der Waals surface area (Å²) in [6.07, 6.45) is 1.11. The van der Waals surface area contributed by atoms with Gasteiger partial charge in [-0.25, -0.2) is 8.42 Å². The van der Waals surface area contributed by atoms with E-state index in [-0.39, 0.29) is 16.2 Å². The summed E-state index contributed by atoms with van der Waals surface area (Å²) in [6.45, 7) is -1.24. The van der Waals surface area contributed by atoms with Crippen molar-refractivity contribution >= 4 is 15.7 Å². The molecule has 1 amide bonds. The standard InChI is InChI=1S/C17H17F2NO4S/c1-11(12-6-8-15(9-7-12)25(2,22)23)20-16(21)13-4-3-5-14(10-13)24-17(18)19/h3-11,17H,1-2H3,(H,20,21)/t11-/m1/s1. The Bertz CT molecular complexity index is 851. The maximum Gasteiger partial charge on any atom is 0.387 e. The summed E-state index contributed by atoms with van der Waals surface area (Å²) in [5.74, 6) is -0.563. The van der Waals surface area contributed by atoms with Gasteiger partial charge in [-0.3, -0.25) is 4.79 Å². The van der Waals surface area contributed by atoms with Gasteiger partial charge >= 0.3 is 6.61 Å². The molecule has 0 heterocycles. The van der Waals surface area contributed by atoms with Gasteiger partial charge in [0.2, 0.25) is 0 Å². The number of benzene rings is 2. The van der Waals surface area contributed by atoms with Gasteiger partial charge in [-0.1, -0.05) is 18.2 Å². The Morgan fingerprint density at radius 3 is 2.32 bits per heavy atom. The van der Waals surface area contributed by atoms with E-state index in [1.165, 1.54) is 36.4 Å². The Morgan fingerprint density at radius 1 is 1.12 bits per heavy atom. The summed E-state index contributed by atoms with van der Waals surface area (Å²) in [7, 11) is -3.29. The van der Waals surface area contributed by atoms with Gasteiger partial charge in [0.15, 0.2) is 9.84 Å². The number of alkyl halides is 2. The molecule has 0 saturated heterocycles. The van der Waals surface area contributed by atoms with E-state index in [4.69, 9.17) is 0 Å². The van der Waals surface area contributed by atoms with Crippen molar-refractivity contribution in [3.05, 3.63) is 59.7 Å². The van der Waals surface area contributed by atoms with E-state index in [1.54, 1.807) is 19.1 Å². The molecule has 0 saturated carbocycles. The van der Waals surface area contributed by atoms with Gasteiger partial charge in [0.1, 0.15) is 5.75 Å². The number of carbonyl (C=O) groups is 1. The summed E-state index contributed by atoms with van der Waals surface area (Å²) < 4.78 is 51.6. The van der Waals surface area contributed by atoms with Gasteiger partial charge in [0.25, 0.3) is 5.91 Å². The Kier molecular flexibility index (Phi) is 5.73. The lowest BCUT2D eigenvalue weighted by molar-refractivity contribution is -0.0498. The molecule has 0 spiro atoms. The predicted octanol–water partition coefficient (Wildman–Crippen LogP) is 3.18. The molecule has 2 aromatic carbocycles. The summed E-state index contributed by atoms with van der Waals surface area (Å²) in [4.78, 5) is 12.4. The molecular weight excluding hydrogens is 352 g/mol. The lowest BCUT2D eigenvalue weighted by atomic mass is 10.1. The van der Waals surface area contributed by atoms with Crippen LogP contribution < -0.4 is 10.1 Å². The number of carbonyl (C=O) groups excluding carboxylic acids is 1. The molecule has 2 rings (SSSR count). The van der Waals surface area contributed by atoms with E-state index in [9.17, 15) is 22.0 Å². The molecule has 0 aliphatic rings. The molecule has 2 aromatic rings. The fraction of sp³-hybridized carbons (Fsp3) is 0.235. The van der Waals surface area contributed by atoms with Crippen molar-refractivity contribution in [2.24, 2.45) is 0 Å². The number of hydrogen-bond acceptors (Lipinski definition) is 4. The summed E-state index contributed by atoms with van der Waals surface area (Å²) >= 11 is 0. The van der Waals surface area contributed by atoms with Crippen LogP contribution >= 0.6 is 0 Å². The van der Waals surface area contributed by atoms with Gasteiger partial charge in [-0.05, 0) is 42.8 Å². The Labute approximate surface area is 144 Å². The zero-order valence-electron chi connectivity index (χ0n) is 13.6. The van der Waals surface area contributed by atoms with Crippen LogP contribution in [0.25, 0.3) is 0 Å². The molecule has 0 bridgehead atoms. The lowest BCUT2D eigenvalue weighted by Crippen LogP contribution is -2.26. The molecule has 0 aliphatic heterocycles. The van der Waals surface area contributed by atoms with Gasteiger partial charge in [-0.15, -0.1) is 0 Å². The minimum Gasteiger partial charge on any atom is -0.435 e. The minimum atomic E-state index is -3.29. The van der Waals surface area contributed by atoms with Crippen LogP contribution in [0.15, 0.2) is 53.4 Å². The van der Waals surface area contributed by atoms with Crippen molar-refractivity contribution < 1.29 is 26.7 Å². The fourth-order valence-corrected chi connectivity index (χ4v) is 2.81. The van der Waals surface area contributed by atoms with Crippen LogP contribution in [-0.2, 0) is 9.84 Å². The zero-order chi connectivity index (χ0) is 18.6. The largest absolute Gasteiger partial charge is 0.435 e. The maximum absolute atomic E-state index is 12.2. The number of ether oxygens (including phenoxy) is 1. The molecule has 25 heavy (non-hydrogen) atoms. The average Bonchev–Trinajstić information content (AvgIpc) is 2.53.